The Kier molecular flexibility index (Phi) is 22.5. The fourth-order valence-corrected chi connectivity index (χ4v) is 5.30. The molecule has 0 aromatic heterocycles. The summed E-state index contributed by atoms with van der Waals surface area (Å²) in [6.45, 7) is 17.8. The Bertz CT molecular complexity index is 1870. The van der Waals surface area contributed by atoms with Gasteiger partial charge in [0.2, 0.25) is 0 Å². The summed E-state index contributed by atoms with van der Waals surface area (Å²) >= 11 is 3.48. The summed E-state index contributed by atoms with van der Waals surface area (Å²) in [6, 6.07) is 51.1. The van der Waals surface area contributed by atoms with Gasteiger partial charge in [0.05, 0.1) is 0 Å². The van der Waals surface area contributed by atoms with E-state index in [4.69, 9.17) is 0 Å². The molecule has 0 saturated heterocycles. The number of halogens is 2. The van der Waals surface area contributed by atoms with Gasteiger partial charge in [0.25, 0.3) is 0 Å². The Morgan fingerprint density at radius 1 is 0.360 bits per heavy atom. The Morgan fingerprint density at radius 2 is 0.540 bits per heavy atom. The van der Waals surface area contributed by atoms with Crippen LogP contribution in [-0.2, 0) is 46.7 Å². The molecule has 0 unspecified atom stereocenters. The maximum absolute atomic E-state index is 2.31. The second-order valence-electron chi connectivity index (χ2n) is 12.4. The van der Waals surface area contributed by atoms with Crippen LogP contribution < -0.4 is 24.8 Å². The first-order chi connectivity index (χ1) is 23.0. The van der Waals surface area contributed by atoms with Crippen LogP contribution in [0.3, 0.4) is 0 Å². The molecule has 0 nitrogen and oxygen atoms in total. The van der Waals surface area contributed by atoms with Gasteiger partial charge in [-0.25, -0.2) is 0 Å². The SMILES string of the molecule is C[Si](C)=[Zr+2].C[Si](C)=[Zr+2].Cc1cccc2[cH-]ccc12.Cc1cccc2[cH-]ccc12.Cc1cccc2[cH-]ccc12.Cc1cccc2[cH-]ccc12.[Cl-].[Cl-]. The van der Waals surface area contributed by atoms with Crippen molar-refractivity contribution in [1.82, 2.24) is 0 Å². The molecule has 0 bridgehead atoms. The molecule has 0 amide bonds. The number of rotatable bonds is 0. The minimum absolute atomic E-state index is 0. The summed E-state index contributed by atoms with van der Waals surface area (Å²) in [5.41, 5.74) is 5.87. The van der Waals surface area contributed by atoms with Crippen molar-refractivity contribution in [3.63, 3.8) is 0 Å². The smallest absolute Gasteiger partial charge is 0.0488 e. The molecule has 0 fully saturated rings. The van der Waals surface area contributed by atoms with Crippen molar-refractivity contribution in [2.45, 2.75) is 53.9 Å². The second-order valence-corrected chi connectivity index (χ2v) is 31.2. The van der Waals surface area contributed by atoms with Gasteiger partial charge in [0.15, 0.2) is 0 Å². The molecule has 0 aliphatic rings. The fraction of sp³-hybridized carbons (Fsp3) is 0.182. The summed E-state index contributed by atoms with van der Waals surface area (Å²) in [6.07, 6.45) is 0. The van der Waals surface area contributed by atoms with Crippen LogP contribution in [0.15, 0.2) is 146 Å². The van der Waals surface area contributed by atoms with Crippen LogP contribution in [0.25, 0.3) is 43.1 Å². The third kappa shape index (κ3) is 15.4. The number of hydrogen-bond donors (Lipinski definition) is 0. The average Bonchev–Trinajstić information content (AvgIpc) is 3.85. The molecule has 0 aliphatic heterocycles. The van der Waals surface area contributed by atoms with Crippen molar-refractivity contribution in [2.24, 2.45) is 0 Å². The standard InChI is InChI=1S/4C10H9.2C2H6Si.2ClH.2Zr/c4*1-8-4-2-5-9-6-3-7-10(8)9;2*1-3-2;;;;/h4*2-7H,1H3;2*1-2H3;2*1H;;/q4*-1;;;;;2*+2/p-2. The minimum atomic E-state index is 0. The van der Waals surface area contributed by atoms with Gasteiger partial charge in [-0.3, -0.25) is 0 Å². The quantitative estimate of drug-likeness (QED) is 0.113. The first kappa shape index (κ1) is 46.1. The Morgan fingerprint density at radius 3 is 0.700 bits per heavy atom. The zero-order valence-corrected chi connectivity index (χ0v) is 39.0. The van der Waals surface area contributed by atoms with Gasteiger partial charge in [-0.05, 0) is 27.7 Å². The molecule has 6 heteroatoms. The summed E-state index contributed by atoms with van der Waals surface area (Å²) in [5, 5.41) is 10.9. The zero-order chi connectivity index (χ0) is 35.1. The Balaban J connectivity index is 0.000000308. The molecule has 0 N–H and O–H groups in total. The van der Waals surface area contributed by atoms with E-state index in [0.717, 1.165) is 0 Å². The van der Waals surface area contributed by atoms with Crippen molar-refractivity contribution >= 4 is 54.0 Å². The van der Waals surface area contributed by atoms with E-state index in [1.807, 2.05) is 0 Å². The van der Waals surface area contributed by atoms with Crippen molar-refractivity contribution in [3.8, 4) is 0 Å². The number of aryl methyl sites for hydroxylation is 4. The first-order valence-electron chi connectivity index (χ1n) is 16.5. The van der Waals surface area contributed by atoms with Crippen LogP contribution in [0.5, 0.6) is 0 Å². The van der Waals surface area contributed by atoms with Crippen molar-refractivity contribution in [2.75, 3.05) is 0 Å². The van der Waals surface area contributed by atoms with E-state index in [9.17, 15) is 0 Å². The molecule has 8 aromatic carbocycles. The molecular weight excluding hydrogens is 838 g/mol. The van der Waals surface area contributed by atoms with Gasteiger partial charge in [-0.1, -0.05) is 46.5 Å². The van der Waals surface area contributed by atoms with Gasteiger partial charge in [0, 0.05) is 0 Å². The molecule has 0 aliphatic carbocycles. The van der Waals surface area contributed by atoms with Crippen LogP contribution in [-0.4, -0.2) is 10.9 Å². The Labute approximate surface area is 343 Å². The maximum Gasteiger partial charge on any atom is -0.0488 e. The normalized spacial score (nSPS) is 9.52. The molecular formula is C44H48Cl2Si2Zr2-2. The van der Waals surface area contributed by atoms with Crippen molar-refractivity contribution < 1.29 is 71.5 Å². The van der Waals surface area contributed by atoms with E-state index < -0.39 is 0 Å². The molecule has 0 radical (unpaired) electrons. The summed E-state index contributed by atoms with van der Waals surface area (Å²) < 4.78 is 0. The molecule has 8 aromatic rings. The predicted octanol–water partition coefficient (Wildman–Crippen LogP) is 7.05. The summed E-state index contributed by atoms with van der Waals surface area (Å²) in [5.74, 6) is 0. The van der Waals surface area contributed by atoms with Gasteiger partial charge in [0.1, 0.15) is 0 Å². The van der Waals surface area contributed by atoms with E-state index in [2.05, 4.69) is 199 Å². The molecule has 0 atom stereocenters. The molecule has 0 heterocycles. The van der Waals surface area contributed by atoms with Crippen LogP contribution in [0.4, 0.5) is 0 Å². The van der Waals surface area contributed by atoms with E-state index in [-0.39, 0.29) is 35.7 Å². The van der Waals surface area contributed by atoms with E-state index in [1.54, 1.807) is 46.7 Å². The monoisotopic (exact) mass is 882 g/mol. The molecule has 8 rings (SSSR count). The topological polar surface area (TPSA) is 0 Å². The third-order valence-electron chi connectivity index (χ3n) is 7.59. The van der Waals surface area contributed by atoms with E-state index >= 15 is 0 Å². The molecule has 50 heavy (non-hydrogen) atoms. The zero-order valence-electron chi connectivity index (χ0n) is 30.6. The molecule has 0 spiro atoms. The maximum atomic E-state index is 2.31. The van der Waals surface area contributed by atoms with E-state index in [1.165, 1.54) is 65.3 Å². The molecule has 256 valence electrons. The van der Waals surface area contributed by atoms with Crippen LogP contribution >= 0.6 is 0 Å². The van der Waals surface area contributed by atoms with Crippen LogP contribution in [0.1, 0.15) is 22.3 Å². The molecule has 0 saturated carbocycles. The largest absolute Gasteiger partial charge is 1.00 e. The first-order valence-corrected chi connectivity index (χ1v) is 28.8. The van der Waals surface area contributed by atoms with Gasteiger partial charge in [-0.15, -0.1) is 116 Å². The van der Waals surface area contributed by atoms with Gasteiger partial charge < -0.3 is 24.8 Å². The Hall–Kier alpha value is -1.90. The predicted molar refractivity (Wildman–Crippen MR) is 212 cm³/mol. The summed E-state index contributed by atoms with van der Waals surface area (Å²) in [7, 11) is 0. The summed E-state index contributed by atoms with van der Waals surface area (Å²) in [4.78, 5) is 0. The van der Waals surface area contributed by atoms with Gasteiger partial charge >= 0.3 is 83.7 Å². The van der Waals surface area contributed by atoms with E-state index in [0.29, 0.717) is 0 Å². The van der Waals surface area contributed by atoms with Crippen LogP contribution in [0, 0.1) is 27.7 Å². The van der Waals surface area contributed by atoms with Crippen molar-refractivity contribution in [1.29, 1.82) is 0 Å². The fourth-order valence-electron chi connectivity index (χ4n) is 5.30. The second kappa shape index (κ2) is 24.4. The number of benzene rings is 4. The van der Waals surface area contributed by atoms with Gasteiger partial charge in [-0.2, -0.15) is 48.5 Å². The van der Waals surface area contributed by atoms with Crippen molar-refractivity contribution in [3.05, 3.63) is 168 Å². The third-order valence-corrected chi connectivity index (χ3v) is 7.59. The number of hydrogen-bond acceptors (Lipinski definition) is 0. The average molecular weight is 886 g/mol. The number of fused-ring (bicyclic) bond motifs is 4. The minimum Gasteiger partial charge on any atom is -1.00 e. The van der Waals surface area contributed by atoms with Crippen LogP contribution in [0.2, 0.25) is 26.2 Å².